The summed E-state index contributed by atoms with van der Waals surface area (Å²) < 4.78 is 56.0. The Morgan fingerprint density at radius 2 is 1.88 bits per heavy atom. The number of pyridine rings is 1. The number of aryl methyl sites for hydroxylation is 1. The maximum absolute atomic E-state index is 15.3. The van der Waals surface area contributed by atoms with Crippen molar-refractivity contribution in [2.24, 2.45) is 5.73 Å². The summed E-state index contributed by atoms with van der Waals surface area (Å²) >= 11 is 6.03. The number of amides is 2. The van der Waals surface area contributed by atoms with Gasteiger partial charge in [0.05, 0.1) is 16.3 Å². The number of hydrogen-bond acceptors (Lipinski definition) is 4. The minimum absolute atomic E-state index is 0.0724. The number of halogens is 5. The van der Waals surface area contributed by atoms with Crippen molar-refractivity contribution < 1.29 is 27.2 Å². The van der Waals surface area contributed by atoms with Gasteiger partial charge in [-0.15, -0.1) is 0 Å². The molecule has 0 unspecified atom stereocenters. The molecular formula is C22H14ClF4N5O2. The van der Waals surface area contributed by atoms with Crippen molar-refractivity contribution in [2.45, 2.75) is 13.1 Å². The Kier molecular flexibility index (Phi) is 5.74. The number of anilines is 1. The van der Waals surface area contributed by atoms with Crippen LogP contribution in [0.5, 0.6) is 0 Å². The van der Waals surface area contributed by atoms with Gasteiger partial charge in [-0.05, 0) is 30.5 Å². The molecule has 3 N–H and O–H groups in total. The predicted molar refractivity (Wildman–Crippen MR) is 116 cm³/mol. The second-order valence-electron chi connectivity index (χ2n) is 7.29. The van der Waals surface area contributed by atoms with Gasteiger partial charge in [0.2, 0.25) is 0 Å². The zero-order chi connectivity index (χ0) is 24.8. The standard InChI is InChI=1S/C22H14ClF4N5O2/c1-10-4-5-12-11(7-10)8-13(19(28)33)18(17(12)24)30-21(34)15-9-16(22(25,26)27)31-32(15)20-14(23)3-2-6-29-20/h2-9H,1H3,(H2,28,33)(H,30,34). The maximum Gasteiger partial charge on any atom is 0.435 e. The Morgan fingerprint density at radius 3 is 2.53 bits per heavy atom. The van der Waals surface area contributed by atoms with Gasteiger partial charge < -0.3 is 11.1 Å². The second kappa shape index (κ2) is 8.41. The summed E-state index contributed by atoms with van der Waals surface area (Å²) in [6.45, 7) is 1.76. The number of primary amides is 1. The smallest absolute Gasteiger partial charge is 0.366 e. The van der Waals surface area contributed by atoms with Crippen LogP contribution in [0, 0.1) is 12.7 Å². The van der Waals surface area contributed by atoms with Crippen molar-refractivity contribution in [1.82, 2.24) is 14.8 Å². The van der Waals surface area contributed by atoms with Gasteiger partial charge in [0.1, 0.15) is 5.69 Å². The third kappa shape index (κ3) is 4.17. The molecule has 0 spiro atoms. The first-order chi connectivity index (χ1) is 16.0. The fourth-order valence-corrected chi connectivity index (χ4v) is 3.55. The van der Waals surface area contributed by atoms with Crippen molar-refractivity contribution in [2.75, 3.05) is 5.32 Å². The molecule has 0 atom stereocenters. The number of nitrogens with two attached hydrogens (primary N) is 1. The van der Waals surface area contributed by atoms with E-state index in [2.05, 4.69) is 15.4 Å². The normalized spacial score (nSPS) is 11.6. The van der Waals surface area contributed by atoms with E-state index in [1.165, 1.54) is 30.5 Å². The molecule has 2 aromatic carbocycles. The number of alkyl halides is 3. The van der Waals surface area contributed by atoms with E-state index in [-0.39, 0.29) is 21.8 Å². The molecule has 4 aromatic rings. The lowest BCUT2D eigenvalue weighted by molar-refractivity contribution is -0.141. The molecule has 0 bridgehead atoms. The summed E-state index contributed by atoms with van der Waals surface area (Å²) in [5, 5.41) is 5.92. The van der Waals surface area contributed by atoms with Crippen LogP contribution in [0.3, 0.4) is 0 Å². The van der Waals surface area contributed by atoms with Crippen molar-refractivity contribution in [3.63, 3.8) is 0 Å². The number of carbonyl (C=O) groups is 2. The quantitative estimate of drug-likeness (QED) is 0.397. The Hall–Kier alpha value is -3.99. The Morgan fingerprint density at radius 1 is 1.15 bits per heavy atom. The van der Waals surface area contributed by atoms with Crippen LogP contribution in [-0.2, 0) is 6.18 Å². The van der Waals surface area contributed by atoms with E-state index in [4.69, 9.17) is 17.3 Å². The number of benzene rings is 2. The van der Waals surface area contributed by atoms with E-state index in [1.54, 1.807) is 19.1 Å². The fourth-order valence-electron chi connectivity index (χ4n) is 3.35. The number of nitrogens with zero attached hydrogens (tertiary/aromatic N) is 3. The maximum atomic E-state index is 15.3. The van der Waals surface area contributed by atoms with Gasteiger partial charge in [-0.1, -0.05) is 35.4 Å². The molecule has 0 radical (unpaired) electrons. The summed E-state index contributed by atoms with van der Waals surface area (Å²) in [6, 6.07) is 9.21. The monoisotopic (exact) mass is 491 g/mol. The molecule has 7 nitrogen and oxygen atoms in total. The summed E-state index contributed by atoms with van der Waals surface area (Å²) in [7, 11) is 0. The number of aromatic nitrogens is 3. The molecular weight excluding hydrogens is 478 g/mol. The first-order valence-corrected chi connectivity index (χ1v) is 9.97. The van der Waals surface area contributed by atoms with Gasteiger partial charge in [-0.3, -0.25) is 9.59 Å². The van der Waals surface area contributed by atoms with Crippen LogP contribution in [0.15, 0.2) is 48.7 Å². The minimum Gasteiger partial charge on any atom is -0.366 e. The van der Waals surface area contributed by atoms with Gasteiger partial charge >= 0.3 is 6.18 Å². The molecule has 34 heavy (non-hydrogen) atoms. The van der Waals surface area contributed by atoms with Gasteiger partial charge in [-0.2, -0.15) is 18.3 Å². The molecule has 2 heterocycles. The lowest BCUT2D eigenvalue weighted by atomic mass is 10.0. The van der Waals surface area contributed by atoms with Crippen LogP contribution in [0.4, 0.5) is 23.2 Å². The number of nitrogens with one attached hydrogen (secondary N) is 1. The Labute approximate surface area is 194 Å². The van der Waals surface area contributed by atoms with Crippen LogP contribution in [-0.4, -0.2) is 26.6 Å². The van der Waals surface area contributed by atoms with E-state index in [9.17, 15) is 22.8 Å². The molecule has 0 fully saturated rings. The third-order valence-electron chi connectivity index (χ3n) is 4.91. The Bertz CT molecular complexity index is 1470. The molecule has 2 amide bonds. The van der Waals surface area contributed by atoms with E-state index in [0.29, 0.717) is 16.1 Å². The van der Waals surface area contributed by atoms with Crippen LogP contribution in [0.25, 0.3) is 16.6 Å². The second-order valence-corrected chi connectivity index (χ2v) is 7.70. The van der Waals surface area contributed by atoms with Gasteiger partial charge in [0.25, 0.3) is 11.8 Å². The molecule has 0 saturated heterocycles. The van der Waals surface area contributed by atoms with E-state index >= 15 is 4.39 Å². The molecule has 12 heteroatoms. The van der Waals surface area contributed by atoms with Gasteiger partial charge in [0.15, 0.2) is 17.3 Å². The van der Waals surface area contributed by atoms with E-state index < -0.39 is 40.9 Å². The predicted octanol–water partition coefficient (Wildman–Crippen LogP) is 4.89. The van der Waals surface area contributed by atoms with Crippen LogP contribution < -0.4 is 11.1 Å². The van der Waals surface area contributed by atoms with Crippen molar-refractivity contribution >= 4 is 39.9 Å². The van der Waals surface area contributed by atoms with Gasteiger partial charge in [0, 0.05) is 17.6 Å². The van der Waals surface area contributed by atoms with Crippen molar-refractivity contribution in [3.8, 4) is 5.82 Å². The fraction of sp³-hybridized carbons (Fsp3) is 0.0909. The lowest BCUT2D eigenvalue weighted by Crippen LogP contribution is -2.22. The third-order valence-corrected chi connectivity index (χ3v) is 5.20. The summed E-state index contributed by atoms with van der Waals surface area (Å²) in [6.07, 6.45) is -3.65. The van der Waals surface area contributed by atoms with Gasteiger partial charge in [-0.25, -0.2) is 14.1 Å². The first-order valence-electron chi connectivity index (χ1n) is 9.59. The highest BCUT2D eigenvalue weighted by molar-refractivity contribution is 6.32. The van der Waals surface area contributed by atoms with E-state index in [1.807, 2.05) is 0 Å². The average molecular weight is 492 g/mol. The number of fused-ring (bicyclic) bond motifs is 1. The van der Waals surface area contributed by atoms with Crippen molar-refractivity contribution in [3.05, 3.63) is 82.0 Å². The number of carbonyl (C=O) groups excluding carboxylic acids is 2. The number of hydrogen-bond donors (Lipinski definition) is 2. The summed E-state index contributed by atoms with van der Waals surface area (Å²) in [5.41, 5.74) is 3.18. The highest BCUT2D eigenvalue weighted by atomic mass is 35.5. The van der Waals surface area contributed by atoms with Crippen LogP contribution in [0.2, 0.25) is 5.02 Å². The molecule has 0 aliphatic heterocycles. The highest BCUT2D eigenvalue weighted by Gasteiger charge is 2.37. The molecule has 174 valence electrons. The zero-order valence-electron chi connectivity index (χ0n) is 17.2. The SMILES string of the molecule is Cc1ccc2c(F)c(NC(=O)c3cc(C(F)(F)F)nn3-c3ncccc3Cl)c(C(N)=O)cc2c1. The zero-order valence-corrected chi connectivity index (χ0v) is 18.0. The topological polar surface area (TPSA) is 103 Å². The van der Waals surface area contributed by atoms with Crippen molar-refractivity contribution in [1.29, 1.82) is 0 Å². The molecule has 0 aliphatic rings. The molecule has 0 saturated carbocycles. The summed E-state index contributed by atoms with van der Waals surface area (Å²) in [4.78, 5) is 28.9. The lowest BCUT2D eigenvalue weighted by Gasteiger charge is -2.14. The molecule has 0 aliphatic carbocycles. The number of rotatable bonds is 4. The largest absolute Gasteiger partial charge is 0.435 e. The molecule has 2 aromatic heterocycles. The summed E-state index contributed by atoms with van der Waals surface area (Å²) in [5.74, 6) is -3.47. The molecule has 4 rings (SSSR count). The van der Waals surface area contributed by atoms with Crippen LogP contribution in [0.1, 0.15) is 32.1 Å². The average Bonchev–Trinajstić information content (AvgIpc) is 3.21. The first kappa shape index (κ1) is 23.2. The minimum atomic E-state index is -4.90. The van der Waals surface area contributed by atoms with E-state index in [0.717, 1.165) is 5.56 Å². The highest BCUT2D eigenvalue weighted by Crippen LogP contribution is 2.33. The Balaban J connectivity index is 1.87. The van der Waals surface area contributed by atoms with Crippen LogP contribution >= 0.6 is 11.6 Å².